The number of halogens is 4. The predicted octanol–water partition coefficient (Wildman–Crippen LogP) is 5.25. The van der Waals surface area contributed by atoms with Gasteiger partial charge in [-0.1, -0.05) is 29.8 Å². The van der Waals surface area contributed by atoms with Gasteiger partial charge in [0.25, 0.3) is 0 Å². The lowest BCUT2D eigenvalue weighted by Gasteiger charge is -2.19. The number of benzene rings is 2. The van der Waals surface area contributed by atoms with E-state index in [4.69, 9.17) is 11.6 Å². The molecule has 2 rings (SSSR count). The third kappa shape index (κ3) is 4.04. The zero-order valence-corrected chi connectivity index (χ0v) is 11.9. The molecule has 6 heteroatoms. The third-order valence-electron chi connectivity index (χ3n) is 2.90. The highest BCUT2D eigenvalue weighted by Gasteiger charge is 2.15. The van der Waals surface area contributed by atoms with Crippen LogP contribution in [0.25, 0.3) is 0 Å². The zero-order valence-electron chi connectivity index (χ0n) is 11.1. The highest BCUT2D eigenvalue weighted by molar-refractivity contribution is 6.33. The Balaban J connectivity index is 2.24. The molecule has 0 aromatic heterocycles. The molecule has 1 N–H and O–H groups in total. The van der Waals surface area contributed by atoms with Gasteiger partial charge in [-0.2, -0.15) is 8.78 Å². The summed E-state index contributed by atoms with van der Waals surface area (Å²) >= 11 is 5.97. The Morgan fingerprint density at radius 2 is 1.86 bits per heavy atom. The molecular weight excluding hydrogens is 303 g/mol. The monoisotopic (exact) mass is 315 g/mol. The van der Waals surface area contributed by atoms with Gasteiger partial charge in [0, 0.05) is 5.56 Å². The van der Waals surface area contributed by atoms with Crippen molar-refractivity contribution in [1.29, 1.82) is 0 Å². The standard InChI is InChI=1S/C15H13ClF3NO/c1-9(20-13-8-10(17)6-7-12(13)16)11-4-2-3-5-14(11)21-15(18)19/h2-9,15,20H,1H3. The summed E-state index contributed by atoms with van der Waals surface area (Å²) in [5.41, 5.74) is 0.911. The average molecular weight is 316 g/mol. The lowest BCUT2D eigenvalue weighted by atomic mass is 10.1. The molecule has 0 aliphatic heterocycles. The van der Waals surface area contributed by atoms with E-state index < -0.39 is 12.4 Å². The molecule has 0 spiro atoms. The summed E-state index contributed by atoms with van der Waals surface area (Å²) in [5, 5.41) is 3.33. The SMILES string of the molecule is CC(Nc1cc(F)ccc1Cl)c1ccccc1OC(F)F. The Labute approximate surface area is 125 Å². The fraction of sp³-hybridized carbons (Fsp3) is 0.200. The van der Waals surface area contributed by atoms with Crippen molar-refractivity contribution in [1.82, 2.24) is 0 Å². The molecule has 0 saturated heterocycles. The van der Waals surface area contributed by atoms with Gasteiger partial charge in [0.05, 0.1) is 16.8 Å². The van der Waals surface area contributed by atoms with Crippen LogP contribution in [-0.4, -0.2) is 6.61 Å². The maximum atomic E-state index is 13.2. The van der Waals surface area contributed by atoms with Crippen molar-refractivity contribution in [2.45, 2.75) is 19.6 Å². The van der Waals surface area contributed by atoms with Crippen LogP contribution in [0.15, 0.2) is 42.5 Å². The Bertz CT molecular complexity index is 622. The van der Waals surface area contributed by atoms with Crippen molar-refractivity contribution >= 4 is 17.3 Å². The average Bonchev–Trinajstić information content (AvgIpc) is 2.42. The number of alkyl halides is 2. The van der Waals surface area contributed by atoms with Gasteiger partial charge in [0.2, 0.25) is 0 Å². The minimum atomic E-state index is -2.91. The smallest absolute Gasteiger partial charge is 0.387 e. The van der Waals surface area contributed by atoms with Crippen LogP contribution >= 0.6 is 11.6 Å². The van der Waals surface area contributed by atoms with Gasteiger partial charge in [-0.15, -0.1) is 0 Å². The molecule has 21 heavy (non-hydrogen) atoms. The van der Waals surface area contributed by atoms with Crippen LogP contribution in [0.2, 0.25) is 5.02 Å². The van der Waals surface area contributed by atoms with E-state index in [0.29, 0.717) is 16.3 Å². The maximum Gasteiger partial charge on any atom is 0.387 e. The summed E-state index contributed by atoms with van der Waals surface area (Å²) in [6.07, 6.45) is 0. The second kappa shape index (κ2) is 6.72. The molecule has 0 saturated carbocycles. The Morgan fingerprint density at radius 1 is 1.14 bits per heavy atom. The van der Waals surface area contributed by atoms with E-state index in [1.807, 2.05) is 0 Å². The van der Waals surface area contributed by atoms with Gasteiger partial charge in [0.1, 0.15) is 11.6 Å². The maximum absolute atomic E-state index is 13.2. The van der Waals surface area contributed by atoms with E-state index in [0.717, 1.165) is 0 Å². The number of hydrogen-bond acceptors (Lipinski definition) is 2. The van der Waals surface area contributed by atoms with Crippen LogP contribution in [-0.2, 0) is 0 Å². The van der Waals surface area contributed by atoms with Gasteiger partial charge in [-0.05, 0) is 31.2 Å². The second-order valence-electron chi connectivity index (χ2n) is 4.41. The van der Waals surface area contributed by atoms with E-state index >= 15 is 0 Å². The first-order valence-corrected chi connectivity index (χ1v) is 6.60. The number of hydrogen-bond donors (Lipinski definition) is 1. The van der Waals surface area contributed by atoms with E-state index in [-0.39, 0.29) is 11.8 Å². The summed E-state index contributed by atoms with van der Waals surface area (Å²) in [4.78, 5) is 0. The van der Waals surface area contributed by atoms with Gasteiger partial charge in [-0.3, -0.25) is 0 Å². The molecule has 0 fully saturated rings. The first-order chi connectivity index (χ1) is 9.97. The fourth-order valence-electron chi connectivity index (χ4n) is 1.96. The summed E-state index contributed by atoms with van der Waals surface area (Å²) < 4.78 is 42.5. The van der Waals surface area contributed by atoms with Crippen molar-refractivity contribution in [2.75, 3.05) is 5.32 Å². The molecule has 2 aromatic rings. The normalized spacial score (nSPS) is 12.3. The Hall–Kier alpha value is -1.88. The molecular formula is C15H13ClF3NO. The van der Waals surface area contributed by atoms with Gasteiger partial charge in [-0.25, -0.2) is 4.39 Å². The molecule has 0 radical (unpaired) electrons. The number of rotatable bonds is 5. The van der Waals surface area contributed by atoms with Crippen molar-refractivity contribution < 1.29 is 17.9 Å². The summed E-state index contributed by atoms with van der Waals surface area (Å²) in [5.74, 6) is -0.369. The molecule has 0 amide bonds. The molecule has 1 unspecified atom stereocenters. The Morgan fingerprint density at radius 3 is 2.57 bits per heavy atom. The molecule has 2 aromatic carbocycles. The number of nitrogens with one attached hydrogen (secondary N) is 1. The van der Waals surface area contributed by atoms with Gasteiger partial charge >= 0.3 is 6.61 Å². The van der Waals surface area contributed by atoms with Crippen LogP contribution in [0.1, 0.15) is 18.5 Å². The first-order valence-electron chi connectivity index (χ1n) is 6.22. The molecule has 0 heterocycles. The lowest BCUT2D eigenvalue weighted by Crippen LogP contribution is -2.11. The minimum Gasteiger partial charge on any atom is -0.434 e. The van der Waals surface area contributed by atoms with Crippen LogP contribution < -0.4 is 10.1 Å². The minimum absolute atomic E-state index is 0.0695. The molecule has 112 valence electrons. The van der Waals surface area contributed by atoms with E-state index in [2.05, 4.69) is 10.1 Å². The van der Waals surface area contributed by atoms with Gasteiger partial charge < -0.3 is 10.1 Å². The predicted molar refractivity (Wildman–Crippen MR) is 76.5 cm³/mol. The topological polar surface area (TPSA) is 21.3 Å². The number of ether oxygens (including phenoxy) is 1. The summed E-state index contributed by atoms with van der Waals surface area (Å²) in [6, 6.07) is 9.94. The van der Waals surface area contributed by atoms with Crippen LogP contribution in [0, 0.1) is 5.82 Å². The fourth-order valence-corrected chi connectivity index (χ4v) is 2.13. The van der Waals surface area contributed by atoms with Gasteiger partial charge in [0.15, 0.2) is 0 Å². The van der Waals surface area contributed by atoms with Crippen molar-refractivity contribution in [3.63, 3.8) is 0 Å². The molecule has 1 atom stereocenters. The van der Waals surface area contributed by atoms with Crippen molar-refractivity contribution in [2.24, 2.45) is 0 Å². The number of anilines is 1. The van der Waals surface area contributed by atoms with Crippen molar-refractivity contribution in [3.05, 3.63) is 58.9 Å². The van der Waals surface area contributed by atoms with E-state index in [9.17, 15) is 13.2 Å². The quantitative estimate of drug-likeness (QED) is 0.813. The highest BCUT2D eigenvalue weighted by atomic mass is 35.5. The van der Waals surface area contributed by atoms with E-state index in [1.54, 1.807) is 25.1 Å². The molecule has 0 aliphatic carbocycles. The van der Waals surface area contributed by atoms with Crippen LogP contribution in [0.4, 0.5) is 18.9 Å². The lowest BCUT2D eigenvalue weighted by molar-refractivity contribution is -0.0505. The molecule has 0 aliphatic rings. The largest absolute Gasteiger partial charge is 0.434 e. The zero-order chi connectivity index (χ0) is 15.4. The molecule has 2 nitrogen and oxygen atoms in total. The first kappa shape index (κ1) is 15.5. The number of para-hydroxylation sites is 1. The summed E-state index contributed by atoms with van der Waals surface area (Å²) in [6.45, 7) is -1.16. The highest BCUT2D eigenvalue weighted by Crippen LogP contribution is 2.31. The van der Waals surface area contributed by atoms with Crippen LogP contribution in [0.3, 0.4) is 0 Å². The molecule has 0 bridgehead atoms. The summed E-state index contributed by atoms with van der Waals surface area (Å²) in [7, 11) is 0. The van der Waals surface area contributed by atoms with Crippen LogP contribution in [0.5, 0.6) is 5.75 Å². The van der Waals surface area contributed by atoms with Crippen molar-refractivity contribution in [3.8, 4) is 5.75 Å². The van der Waals surface area contributed by atoms with E-state index in [1.165, 1.54) is 24.3 Å². The second-order valence-corrected chi connectivity index (χ2v) is 4.81. The third-order valence-corrected chi connectivity index (χ3v) is 3.23. The Kier molecular flexibility index (Phi) is 4.96.